The van der Waals surface area contributed by atoms with E-state index in [2.05, 4.69) is 9.64 Å². The van der Waals surface area contributed by atoms with Gasteiger partial charge in [-0.3, -0.25) is 9.69 Å². The lowest BCUT2D eigenvalue weighted by atomic mass is 10.2. The Hall–Kier alpha value is -2.31. The van der Waals surface area contributed by atoms with Crippen LogP contribution in [0, 0.1) is 11.3 Å². The van der Waals surface area contributed by atoms with Gasteiger partial charge in [-0.15, -0.1) is 13.2 Å². The number of amides is 1. The van der Waals surface area contributed by atoms with Gasteiger partial charge in [-0.1, -0.05) is 0 Å². The molecule has 0 radical (unpaired) electrons. The molecule has 1 fully saturated rings. The first-order valence-electron chi connectivity index (χ1n) is 8.21. The van der Waals surface area contributed by atoms with Gasteiger partial charge in [0, 0.05) is 38.3 Å². The zero-order valence-corrected chi connectivity index (χ0v) is 14.2. The largest absolute Gasteiger partial charge is 0.573 e. The number of nitriles is 1. The van der Waals surface area contributed by atoms with Gasteiger partial charge < -0.3 is 14.4 Å². The number of carbonyl (C=O) groups excluding carboxylic acids is 1. The third-order valence-electron chi connectivity index (χ3n) is 3.91. The number of benzene rings is 1. The second-order valence-corrected chi connectivity index (χ2v) is 5.73. The summed E-state index contributed by atoms with van der Waals surface area (Å²) in [6, 6.07) is 6.79. The van der Waals surface area contributed by atoms with Crippen LogP contribution in [-0.2, 0) is 4.74 Å². The molecule has 9 heteroatoms. The Labute approximate surface area is 149 Å². The SMILES string of the molecule is N#CCCN(CCN1CCOCC1)C(=O)c1ccc(OC(F)(F)F)cc1. The van der Waals surface area contributed by atoms with Crippen LogP contribution in [0.4, 0.5) is 13.2 Å². The summed E-state index contributed by atoms with van der Waals surface area (Å²) in [6.45, 7) is 4.20. The van der Waals surface area contributed by atoms with E-state index in [1.54, 1.807) is 0 Å². The lowest BCUT2D eigenvalue weighted by Crippen LogP contribution is -2.43. The fourth-order valence-corrected chi connectivity index (χ4v) is 2.57. The monoisotopic (exact) mass is 371 g/mol. The Morgan fingerprint density at radius 1 is 1.23 bits per heavy atom. The van der Waals surface area contributed by atoms with Gasteiger partial charge in [-0.2, -0.15) is 5.26 Å². The molecule has 0 spiro atoms. The number of hydrogen-bond acceptors (Lipinski definition) is 5. The molecule has 1 amide bonds. The van der Waals surface area contributed by atoms with E-state index in [1.165, 1.54) is 17.0 Å². The van der Waals surface area contributed by atoms with Crippen molar-refractivity contribution >= 4 is 5.91 Å². The summed E-state index contributed by atoms with van der Waals surface area (Å²) >= 11 is 0. The molecule has 1 aromatic rings. The van der Waals surface area contributed by atoms with Crippen LogP contribution in [-0.4, -0.2) is 68.0 Å². The maximum atomic E-state index is 12.6. The van der Waals surface area contributed by atoms with E-state index in [0.29, 0.717) is 26.3 Å². The maximum Gasteiger partial charge on any atom is 0.573 e. The molecule has 1 aliphatic heterocycles. The van der Waals surface area contributed by atoms with Crippen molar-refractivity contribution in [2.75, 3.05) is 45.9 Å². The predicted molar refractivity (Wildman–Crippen MR) is 86.5 cm³/mol. The molecule has 26 heavy (non-hydrogen) atoms. The smallest absolute Gasteiger partial charge is 0.406 e. The molecule has 6 nitrogen and oxygen atoms in total. The Kier molecular flexibility index (Phi) is 7.24. The van der Waals surface area contributed by atoms with E-state index in [1.807, 2.05) is 6.07 Å². The van der Waals surface area contributed by atoms with Crippen LogP contribution >= 0.6 is 0 Å². The average molecular weight is 371 g/mol. The molecule has 0 unspecified atom stereocenters. The van der Waals surface area contributed by atoms with Crippen LogP contribution < -0.4 is 4.74 Å². The molecule has 0 aromatic heterocycles. The first-order valence-corrected chi connectivity index (χ1v) is 8.21. The van der Waals surface area contributed by atoms with E-state index in [9.17, 15) is 18.0 Å². The maximum absolute atomic E-state index is 12.6. The van der Waals surface area contributed by atoms with E-state index in [-0.39, 0.29) is 30.2 Å². The third kappa shape index (κ3) is 6.54. The number of rotatable bonds is 7. The minimum absolute atomic E-state index is 0.185. The average Bonchev–Trinajstić information content (AvgIpc) is 2.61. The molecule has 1 saturated heterocycles. The number of alkyl halides is 3. The summed E-state index contributed by atoms with van der Waals surface area (Å²) in [5.74, 6) is -0.710. The number of halogens is 3. The molecular formula is C17H20F3N3O3. The van der Waals surface area contributed by atoms with Crippen LogP contribution in [0.1, 0.15) is 16.8 Å². The van der Waals surface area contributed by atoms with Gasteiger partial charge in [0.25, 0.3) is 5.91 Å². The molecular weight excluding hydrogens is 351 g/mol. The molecule has 1 aromatic carbocycles. The van der Waals surface area contributed by atoms with Crippen LogP contribution in [0.25, 0.3) is 0 Å². The van der Waals surface area contributed by atoms with E-state index in [0.717, 1.165) is 25.2 Å². The summed E-state index contributed by atoms with van der Waals surface area (Å²) in [6.07, 6.45) is -4.59. The third-order valence-corrected chi connectivity index (χ3v) is 3.91. The van der Waals surface area contributed by atoms with E-state index in [4.69, 9.17) is 10.00 Å². The molecule has 0 saturated carbocycles. The number of morpholine rings is 1. The molecule has 0 atom stereocenters. The topological polar surface area (TPSA) is 65.8 Å². The minimum Gasteiger partial charge on any atom is -0.406 e. The summed E-state index contributed by atoms with van der Waals surface area (Å²) < 4.78 is 45.7. The van der Waals surface area contributed by atoms with Gasteiger partial charge in [-0.05, 0) is 24.3 Å². The van der Waals surface area contributed by atoms with Crippen molar-refractivity contribution in [3.8, 4) is 11.8 Å². The van der Waals surface area contributed by atoms with Crippen molar-refractivity contribution in [1.82, 2.24) is 9.80 Å². The Morgan fingerprint density at radius 3 is 2.46 bits per heavy atom. The van der Waals surface area contributed by atoms with Crippen molar-refractivity contribution in [3.63, 3.8) is 0 Å². The highest BCUT2D eigenvalue weighted by molar-refractivity contribution is 5.94. The second kappa shape index (κ2) is 9.40. The first-order chi connectivity index (χ1) is 12.4. The first kappa shape index (κ1) is 20.0. The summed E-state index contributed by atoms with van der Waals surface area (Å²) in [7, 11) is 0. The molecule has 2 rings (SSSR count). The Bertz CT molecular complexity index is 623. The Morgan fingerprint density at radius 2 is 1.88 bits per heavy atom. The lowest BCUT2D eigenvalue weighted by Gasteiger charge is -2.30. The van der Waals surface area contributed by atoms with Gasteiger partial charge in [0.2, 0.25) is 0 Å². The summed E-state index contributed by atoms with van der Waals surface area (Å²) in [5.41, 5.74) is 0.249. The normalized spacial score (nSPS) is 15.3. The molecule has 0 aliphatic carbocycles. The van der Waals surface area contributed by atoms with E-state index < -0.39 is 6.36 Å². The van der Waals surface area contributed by atoms with E-state index >= 15 is 0 Å². The van der Waals surface area contributed by atoms with Crippen LogP contribution in [0.15, 0.2) is 24.3 Å². The second-order valence-electron chi connectivity index (χ2n) is 5.73. The predicted octanol–water partition coefficient (Wildman–Crippen LogP) is 2.27. The van der Waals surface area contributed by atoms with Gasteiger partial charge in [0.05, 0.1) is 25.7 Å². The fourth-order valence-electron chi connectivity index (χ4n) is 2.57. The number of ether oxygens (including phenoxy) is 2. The highest BCUT2D eigenvalue weighted by Gasteiger charge is 2.31. The standard InChI is InChI=1S/C17H20F3N3O3/c18-17(19,20)26-15-4-2-14(3-5-15)16(24)23(7-1-6-21)9-8-22-10-12-25-13-11-22/h2-5H,1,7-13H2. The number of nitrogens with zero attached hydrogens (tertiary/aromatic N) is 3. The highest BCUT2D eigenvalue weighted by atomic mass is 19.4. The van der Waals surface area contributed by atoms with Gasteiger partial charge in [0.15, 0.2) is 0 Å². The molecule has 0 N–H and O–H groups in total. The van der Waals surface area contributed by atoms with Crippen molar-refractivity contribution in [2.24, 2.45) is 0 Å². The van der Waals surface area contributed by atoms with Crippen molar-refractivity contribution < 1.29 is 27.4 Å². The lowest BCUT2D eigenvalue weighted by molar-refractivity contribution is -0.274. The quantitative estimate of drug-likeness (QED) is 0.736. The van der Waals surface area contributed by atoms with Crippen LogP contribution in [0.2, 0.25) is 0 Å². The van der Waals surface area contributed by atoms with Crippen molar-refractivity contribution in [2.45, 2.75) is 12.8 Å². The van der Waals surface area contributed by atoms with Crippen LogP contribution in [0.3, 0.4) is 0 Å². The van der Waals surface area contributed by atoms with Crippen LogP contribution in [0.5, 0.6) is 5.75 Å². The zero-order chi connectivity index (χ0) is 19.0. The van der Waals surface area contributed by atoms with Gasteiger partial charge in [0.1, 0.15) is 5.75 Å². The molecule has 142 valence electrons. The highest BCUT2D eigenvalue weighted by Crippen LogP contribution is 2.23. The molecule has 0 bridgehead atoms. The number of carbonyl (C=O) groups is 1. The number of hydrogen-bond donors (Lipinski definition) is 0. The Balaban J connectivity index is 1.99. The van der Waals surface area contributed by atoms with Crippen molar-refractivity contribution in [3.05, 3.63) is 29.8 Å². The summed E-state index contributed by atoms with van der Waals surface area (Å²) in [4.78, 5) is 16.3. The van der Waals surface area contributed by atoms with Gasteiger partial charge >= 0.3 is 6.36 Å². The summed E-state index contributed by atoms with van der Waals surface area (Å²) in [5, 5.41) is 8.79. The van der Waals surface area contributed by atoms with Gasteiger partial charge in [-0.25, -0.2) is 0 Å². The molecule has 1 heterocycles. The zero-order valence-electron chi connectivity index (χ0n) is 14.2. The molecule has 1 aliphatic rings. The minimum atomic E-state index is -4.78. The van der Waals surface area contributed by atoms with Crippen molar-refractivity contribution in [1.29, 1.82) is 5.26 Å². The fraction of sp³-hybridized carbons (Fsp3) is 0.529.